The maximum Gasteiger partial charge on any atom is 0.229 e. The van der Waals surface area contributed by atoms with Crippen molar-refractivity contribution in [2.45, 2.75) is 6.42 Å². The van der Waals surface area contributed by atoms with E-state index >= 15 is 0 Å². The molecule has 1 amide bonds. The van der Waals surface area contributed by atoms with E-state index in [0.717, 1.165) is 11.4 Å². The van der Waals surface area contributed by atoms with Gasteiger partial charge in [-0.25, -0.2) is 9.37 Å². The van der Waals surface area contributed by atoms with Crippen LogP contribution < -0.4 is 10.6 Å². The van der Waals surface area contributed by atoms with Crippen molar-refractivity contribution in [3.8, 4) is 0 Å². The van der Waals surface area contributed by atoms with Gasteiger partial charge in [0.15, 0.2) is 0 Å². The summed E-state index contributed by atoms with van der Waals surface area (Å²) in [7, 11) is 0. The lowest BCUT2D eigenvalue weighted by Crippen LogP contribution is -2.15. The highest BCUT2D eigenvalue weighted by atomic mass is 35.5. The molecule has 0 unspecified atom stereocenters. The van der Waals surface area contributed by atoms with Gasteiger partial charge in [0, 0.05) is 10.7 Å². The average Bonchev–Trinajstić information content (AvgIpc) is 2.57. The van der Waals surface area contributed by atoms with Crippen molar-refractivity contribution in [2.24, 2.45) is 0 Å². The molecule has 0 spiro atoms. The van der Waals surface area contributed by atoms with E-state index < -0.39 is 0 Å². The third kappa shape index (κ3) is 5.02. The number of rotatable bonds is 5. The average molecular weight is 356 g/mol. The van der Waals surface area contributed by atoms with Gasteiger partial charge in [-0.15, -0.1) is 0 Å². The van der Waals surface area contributed by atoms with Crippen LogP contribution in [0.1, 0.15) is 5.56 Å². The fraction of sp³-hybridized carbons (Fsp3) is 0.0526. The van der Waals surface area contributed by atoms with Gasteiger partial charge in [-0.3, -0.25) is 4.79 Å². The first-order valence-corrected chi connectivity index (χ1v) is 7.99. The van der Waals surface area contributed by atoms with Gasteiger partial charge >= 0.3 is 0 Å². The van der Waals surface area contributed by atoms with Gasteiger partial charge in [0.2, 0.25) is 5.91 Å². The molecular formula is C19H15ClFN3O. The van der Waals surface area contributed by atoms with Gasteiger partial charge in [-0.1, -0.05) is 29.8 Å². The van der Waals surface area contributed by atoms with Crippen molar-refractivity contribution < 1.29 is 9.18 Å². The van der Waals surface area contributed by atoms with Gasteiger partial charge in [-0.2, -0.15) is 0 Å². The SMILES string of the molecule is O=C(Cc1cccc(F)c1)Nc1ccc(Nc2cccc(Cl)c2)cn1. The minimum absolute atomic E-state index is 0.0853. The zero-order chi connectivity index (χ0) is 17.6. The lowest BCUT2D eigenvalue weighted by atomic mass is 10.1. The van der Waals surface area contributed by atoms with E-state index in [1.165, 1.54) is 12.1 Å². The molecule has 2 aromatic carbocycles. The second kappa shape index (κ2) is 7.77. The Morgan fingerprint density at radius 2 is 1.88 bits per heavy atom. The molecule has 3 aromatic rings. The number of carbonyl (C=O) groups excluding carboxylic acids is 1. The molecule has 0 bridgehead atoms. The highest BCUT2D eigenvalue weighted by Crippen LogP contribution is 2.20. The fourth-order valence-electron chi connectivity index (χ4n) is 2.29. The van der Waals surface area contributed by atoms with E-state index in [0.29, 0.717) is 16.4 Å². The number of amides is 1. The second-order valence-electron chi connectivity index (χ2n) is 5.42. The predicted octanol–water partition coefficient (Wildman–Crippen LogP) is 4.80. The van der Waals surface area contributed by atoms with E-state index in [1.54, 1.807) is 42.6 Å². The first kappa shape index (κ1) is 16.9. The molecule has 1 aromatic heterocycles. The van der Waals surface area contributed by atoms with E-state index in [2.05, 4.69) is 15.6 Å². The van der Waals surface area contributed by atoms with Gasteiger partial charge in [0.1, 0.15) is 11.6 Å². The van der Waals surface area contributed by atoms with Crippen LogP contribution in [-0.4, -0.2) is 10.9 Å². The summed E-state index contributed by atoms with van der Waals surface area (Å²) >= 11 is 5.94. The fourth-order valence-corrected chi connectivity index (χ4v) is 2.48. The van der Waals surface area contributed by atoms with Gasteiger partial charge < -0.3 is 10.6 Å². The lowest BCUT2D eigenvalue weighted by molar-refractivity contribution is -0.115. The van der Waals surface area contributed by atoms with Crippen LogP contribution in [-0.2, 0) is 11.2 Å². The van der Waals surface area contributed by atoms with Gasteiger partial charge in [0.05, 0.1) is 18.3 Å². The molecule has 2 N–H and O–H groups in total. The molecule has 0 atom stereocenters. The molecule has 1 heterocycles. The Morgan fingerprint density at radius 1 is 1.04 bits per heavy atom. The highest BCUT2D eigenvalue weighted by Gasteiger charge is 2.06. The maximum absolute atomic E-state index is 13.1. The van der Waals surface area contributed by atoms with Crippen LogP contribution in [0.4, 0.5) is 21.6 Å². The molecular weight excluding hydrogens is 341 g/mol. The quantitative estimate of drug-likeness (QED) is 0.691. The zero-order valence-corrected chi connectivity index (χ0v) is 13.9. The van der Waals surface area contributed by atoms with Crippen molar-refractivity contribution in [2.75, 3.05) is 10.6 Å². The summed E-state index contributed by atoms with van der Waals surface area (Å²) in [6, 6.07) is 16.8. The number of hydrogen-bond acceptors (Lipinski definition) is 3. The number of nitrogens with one attached hydrogen (secondary N) is 2. The van der Waals surface area contributed by atoms with Crippen LogP contribution in [0.3, 0.4) is 0 Å². The van der Waals surface area contributed by atoms with E-state index in [-0.39, 0.29) is 18.1 Å². The Hall–Kier alpha value is -2.92. The predicted molar refractivity (Wildman–Crippen MR) is 97.7 cm³/mol. The van der Waals surface area contributed by atoms with Crippen molar-refractivity contribution >= 4 is 34.7 Å². The first-order valence-electron chi connectivity index (χ1n) is 7.61. The van der Waals surface area contributed by atoms with Crippen molar-refractivity contribution in [1.29, 1.82) is 0 Å². The summed E-state index contributed by atoms with van der Waals surface area (Å²) in [5.74, 6) is -0.188. The summed E-state index contributed by atoms with van der Waals surface area (Å²) in [6.07, 6.45) is 1.70. The van der Waals surface area contributed by atoms with Gasteiger partial charge in [-0.05, 0) is 48.0 Å². The normalized spacial score (nSPS) is 10.3. The van der Waals surface area contributed by atoms with Crippen LogP contribution in [0.2, 0.25) is 5.02 Å². The summed E-state index contributed by atoms with van der Waals surface area (Å²) in [4.78, 5) is 16.2. The summed E-state index contributed by atoms with van der Waals surface area (Å²) in [5.41, 5.74) is 2.22. The molecule has 0 saturated heterocycles. The van der Waals surface area contributed by atoms with Crippen LogP contribution in [0, 0.1) is 5.82 Å². The van der Waals surface area contributed by atoms with E-state index in [4.69, 9.17) is 11.6 Å². The van der Waals surface area contributed by atoms with Crippen molar-refractivity contribution in [1.82, 2.24) is 4.98 Å². The number of anilines is 3. The second-order valence-corrected chi connectivity index (χ2v) is 5.86. The topological polar surface area (TPSA) is 54.0 Å². The highest BCUT2D eigenvalue weighted by molar-refractivity contribution is 6.30. The summed E-state index contributed by atoms with van der Waals surface area (Å²) in [5, 5.41) is 6.50. The van der Waals surface area contributed by atoms with E-state index in [9.17, 15) is 9.18 Å². The Balaban J connectivity index is 1.59. The largest absolute Gasteiger partial charge is 0.354 e. The molecule has 0 saturated carbocycles. The number of pyridine rings is 1. The Kier molecular flexibility index (Phi) is 5.26. The molecule has 0 fully saturated rings. The first-order chi connectivity index (χ1) is 12.1. The summed E-state index contributed by atoms with van der Waals surface area (Å²) < 4.78 is 13.1. The van der Waals surface area contributed by atoms with Crippen LogP contribution in [0.5, 0.6) is 0 Å². The lowest BCUT2D eigenvalue weighted by Gasteiger charge is -2.08. The van der Waals surface area contributed by atoms with E-state index in [1.807, 2.05) is 12.1 Å². The standard InChI is InChI=1S/C19H15ClFN3O/c20-14-4-2-6-16(11-14)23-17-7-8-18(22-12-17)24-19(25)10-13-3-1-5-15(21)9-13/h1-9,11-12,23H,10H2,(H,22,24,25). The molecule has 25 heavy (non-hydrogen) atoms. The maximum atomic E-state index is 13.1. The molecule has 0 radical (unpaired) electrons. The van der Waals surface area contributed by atoms with Crippen molar-refractivity contribution in [3.05, 3.63) is 83.3 Å². The molecule has 3 rings (SSSR count). The summed E-state index contributed by atoms with van der Waals surface area (Å²) in [6.45, 7) is 0. The zero-order valence-electron chi connectivity index (χ0n) is 13.2. The molecule has 0 aliphatic rings. The van der Waals surface area contributed by atoms with Crippen LogP contribution in [0.25, 0.3) is 0 Å². The van der Waals surface area contributed by atoms with Gasteiger partial charge in [0.25, 0.3) is 0 Å². The minimum atomic E-state index is -0.361. The van der Waals surface area contributed by atoms with Crippen LogP contribution in [0.15, 0.2) is 66.9 Å². The monoisotopic (exact) mass is 355 g/mol. The number of nitrogens with zero attached hydrogens (tertiary/aromatic N) is 1. The smallest absolute Gasteiger partial charge is 0.229 e. The molecule has 4 nitrogen and oxygen atoms in total. The van der Waals surface area contributed by atoms with Crippen molar-refractivity contribution in [3.63, 3.8) is 0 Å². The minimum Gasteiger partial charge on any atom is -0.354 e. The van der Waals surface area contributed by atoms with Crippen LogP contribution >= 0.6 is 11.6 Å². The number of aromatic nitrogens is 1. The molecule has 126 valence electrons. The third-order valence-electron chi connectivity index (χ3n) is 3.40. The number of halogens is 2. The molecule has 0 aliphatic heterocycles. The Labute approximate surface area is 149 Å². The molecule has 0 aliphatic carbocycles. The molecule has 6 heteroatoms. The third-order valence-corrected chi connectivity index (χ3v) is 3.63. The number of carbonyl (C=O) groups is 1. The Bertz CT molecular complexity index is 884. The number of hydrogen-bond donors (Lipinski definition) is 2. The number of benzene rings is 2. The Morgan fingerprint density at radius 3 is 2.60 bits per heavy atom.